The Kier molecular flexibility index (Phi) is 8.39. The van der Waals surface area contributed by atoms with E-state index in [1.807, 2.05) is 6.92 Å². The van der Waals surface area contributed by atoms with Gasteiger partial charge in [-0.2, -0.15) is 0 Å². The van der Waals surface area contributed by atoms with E-state index < -0.39 is 6.09 Å². The molecule has 0 heterocycles. The average molecular weight is 201 g/mol. The van der Waals surface area contributed by atoms with Crippen molar-refractivity contribution in [3.05, 3.63) is 0 Å². The number of primary amides is 1. The van der Waals surface area contributed by atoms with Gasteiger partial charge in [0.1, 0.15) is 6.10 Å². The number of rotatable bonds is 8. The highest BCUT2D eigenvalue weighted by Gasteiger charge is 2.04. The van der Waals surface area contributed by atoms with Gasteiger partial charge >= 0.3 is 6.09 Å². The summed E-state index contributed by atoms with van der Waals surface area (Å²) in [7, 11) is 0. The van der Waals surface area contributed by atoms with Crippen molar-refractivity contribution in [3.63, 3.8) is 0 Å². The number of amides is 1. The van der Waals surface area contributed by atoms with Gasteiger partial charge in [0.2, 0.25) is 0 Å². The molecule has 0 aliphatic carbocycles. The summed E-state index contributed by atoms with van der Waals surface area (Å²) in [5.74, 6) is 0. The molecule has 1 unspecified atom stereocenters. The van der Waals surface area contributed by atoms with Gasteiger partial charge < -0.3 is 10.5 Å². The molecule has 0 aromatic heterocycles. The lowest BCUT2D eigenvalue weighted by atomic mass is 10.1. The first-order valence-electron chi connectivity index (χ1n) is 5.63. The van der Waals surface area contributed by atoms with Gasteiger partial charge in [-0.1, -0.05) is 39.0 Å². The summed E-state index contributed by atoms with van der Waals surface area (Å²) in [6.07, 6.45) is 7.80. The van der Waals surface area contributed by atoms with Crippen LogP contribution >= 0.6 is 0 Å². The number of carbonyl (C=O) groups is 1. The van der Waals surface area contributed by atoms with Crippen molar-refractivity contribution in [2.75, 3.05) is 0 Å². The SMILES string of the molecule is CCCCCCCCC(C)OC(N)=O. The second kappa shape index (κ2) is 8.85. The van der Waals surface area contributed by atoms with E-state index in [9.17, 15) is 4.79 Å². The number of nitrogens with two attached hydrogens (primary N) is 1. The normalized spacial score (nSPS) is 12.4. The van der Waals surface area contributed by atoms with Crippen molar-refractivity contribution >= 4 is 6.09 Å². The van der Waals surface area contributed by atoms with E-state index in [4.69, 9.17) is 10.5 Å². The number of hydrogen-bond acceptors (Lipinski definition) is 2. The predicted molar refractivity (Wildman–Crippen MR) is 58.1 cm³/mol. The Morgan fingerprint density at radius 2 is 1.79 bits per heavy atom. The number of ether oxygens (including phenoxy) is 1. The van der Waals surface area contributed by atoms with Crippen LogP contribution in [0.5, 0.6) is 0 Å². The quantitative estimate of drug-likeness (QED) is 0.613. The minimum atomic E-state index is -0.663. The van der Waals surface area contributed by atoms with Crippen molar-refractivity contribution in [1.82, 2.24) is 0 Å². The molecule has 0 bridgehead atoms. The largest absolute Gasteiger partial charge is 0.447 e. The standard InChI is InChI=1S/C11H23NO2/c1-3-4-5-6-7-8-9-10(2)14-11(12)13/h10H,3-9H2,1-2H3,(H2,12,13). The molecule has 0 fully saturated rings. The van der Waals surface area contributed by atoms with Gasteiger partial charge in [0, 0.05) is 0 Å². The lowest BCUT2D eigenvalue weighted by Crippen LogP contribution is -2.20. The molecule has 3 nitrogen and oxygen atoms in total. The Balaban J connectivity index is 3.14. The third-order valence-electron chi connectivity index (χ3n) is 2.28. The highest BCUT2D eigenvalue weighted by molar-refractivity contribution is 5.64. The van der Waals surface area contributed by atoms with E-state index in [2.05, 4.69) is 6.92 Å². The summed E-state index contributed by atoms with van der Waals surface area (Å²) < 4.78 is 4.82. The highest BCUT2D eigenvalue weighted by atomic mass is 16.6. The second-order valence-electron chi connectivity index (χ2n) is 3.80. The van der Waals surface area contributed by atoms with Crippen LogP contribution in [0.3, 0.4) is 0 Å². The Labute approximate surface area is 87.0 Å². The molecule has 3 heteroatoms. The molecule has 1 atom stereocenters. The maximum absolute atomic E-state index is 10.4. The van der Waals surface area contributed by atoms with Gasteiger partial charge in [0.05, 0.1) is 0 Å². The summed E-state index contributed by atoms with van der Waals surface area (Å²) in [6.45, 7) is 4.10. The molecule has 0 saturated carbocycles. The lowest BCUT2D eigenvalue weighted by molar-refractivity contribution is 0.110. The monoisotopic (exact) mass is 201 g/mol. The fraction of sp³-hybridized carbons (Fsp3) is 0.909. The van der Waals surface area contributed by atoms with Gasteiger partial charge in [0.25, 0.3) is 0 Å². The minimum absolute atomic E-state index is 0.0290. The summed E-state index contributed by atoms with van der Waals surface area (Å²) in [6, 6.07) is 0. The van der Waals surface area contributed by atoms with E-state index in [1.165, 1.54) is 32.1 Å². The number of carbonyl (C=O) groups excluding carboxylic acids is 1. The van der Waals surface area contributed by atoms with Crippen LogP contribution in [0.4, 0.5) is 4.79 Å². The Bertz CT molecular complexity index is 148. The molecule has 2 N–H and O–H groups in total. The molecule has 0 rings (SSSR count). The van der Waals surface area contributed by atoms with Crippen LogP contribution in [0.1, 0.15) is 58.8 Å². The van der Waals surface area contributed by atoms with E-state index in [-0.39, 0.29) is 6.10 Å². The number of hydrogen-bond donors (Lipinski definition) is 1. The second-order valence-corrected chi connectivity index (χ2v) is 3.80. The molecule has 0 aliphatic rings. The average Bonchev–Trinajstić information content (AvgIpc) is 2.10. The first kappa shape index (κ1) is 13.3. The van der Waals surface area contributed by atoms with Crippen molar-refractivity contribution < 1.29 is 9.53 Å². The van der Waals surface area contributed by atoms with Crippen LogP contribution in [-0.4, -0.2) is 12.2 Å². The molecule has 0 aromatic rings. The van der Waals surface area contributed by atoms with Gasteiger partial charge in [-0.05, 0) is 19.8 Å². The predicted octanol–water partition coefficient (Wildman–Crippen LogP) is 3.22. The van der Waals surface area contributed by atoms with E-state index >= 15 is 0 Å². The molecule has 14 heavy (non-hydrogen) atoms. The van der Waals surface area contributed by atoms with Crippen LogP contribution in [-0.2, 0) is 4.74 Å². The third-order valence-corrected chi connectivity index (χ3v) is 2.28. The summed E-state index contributed by atoms with van der Waals surface area (Å²) in [5, 5.41) is 0. The van der Waals surface area contributed by atoms with Crippen molar-refractivity contribution in [2.24, 2.45) is 5.73 Å². The molecule has 0 saturated heterocycles. The van der Waals surface area contributed by atoms with E-state index in [0.717, 1.165) is 12.8 Å². The van der Waals surface area contributed by atoms with Crippen molar-refractivity contribution in [3.8, 4) is 0 Å². The van der Waals surface area contributed by atoms with Gasteiger partial charge in [-0.25, -0.2) is 4.79 Å². The Morgan fingerprint density at radius 3 is 2.36 bits per heavy atom. The molecule has 84 valence electrons. The van der Waals surface area contributed by atoms with E-state index in [1.54, 1.807) is 0 Å². The Hall–Kier alpha value is -0.730. The fourth-order valence-electron chi connectivity index (χ4n) is 1.47. The Morgan fingerprint density at radius 1 is 1.21 bits per heavy atom. The maximum atomic E-state index is 10.4. The van der Waals surface area contributed by atoms with Crippen LogP contribution in [0.2, 0.25) is 0 Å². The minimum Gasteiger partial charge on any atom is -0.447 e. The zero-order chi connectivity index (χ0) is 10.8. The molecule has 0 aliphatic heterocycles. The molecule has 1 amide bonds. The van der Waals surface area contributed by atoms with Crippen molar-refractivity contribution in [2.45, 2.75) is 64.9 Å². The van der Waals surface area contributed by atoms with Crippen LogP contribution in [0.25, 0.3) is 0 Å². The highest BCUT2D eigenvalue weighted by Crippen LogP contribution is 2.09. The first-order chi connectivity index (χ1) is 6.66. The lowest BCUT2D eigenvalue weighted by Gasteiger charge is -2.10. The molecule has 0 spiro atoms. The number of unbranched alkanes of at least 4 members (excludes halogenated alkanes) is 5. The topological polar surface area (TPSA) is 52.3 Å². The zero-order valence-electron chi connectivity index (χ0n) is 9.42. The molecule has 0 radical (unpaired) electrons. The molecular weight excluding hydrogens is 178 g/mol. The fourth-order valence-corrected chi connectivity index (χ4v) is 1.47. The smallest absolute Gasteiger partial charge is 0.404 e. The van der Waals surface area contributed by atoms with Gasteiger partial charge in [-0.3, -0.25) is 0 Å². The molecule has 0 aromatic carbocycles. The van der Waals surface area contributed by atoms with Crippen LogP contribution in [0.15, 0.2) is 0 Å². The third kappa shape index (κ3) is 9.36. The summed E-state index contributed by atoms with van der Waals surface area (Å²) in [5.41, 5.74) is 4.90. The first-order valence-corrected chi connectivity index (χ1v) is 5.63. The molecular formula is C11H23NO2. The summed E-state index contributed by atoms with van der Waals surface area (Å²) >= 11 is 0. The van der Waals surface area contributed by atoms with Gasteiger partial charge in [0.15, 0.2) is 0 Å². The van der Waals surface area contributed by atoms with Crippen LogP contribution in [0, 0.1) is 0 Å². The van der Waals surface area contributed by atoms with Gasteiger partial charge in [-0.15, -0.1) is 0 Å². The zero-order valence-corrected chi connectivity index (χ0v) is 9.42. The summed E-state index contributed by atoms with van der Waals surface area (Å²) in [4.78, 5) is 10.4. The van der Waals surface area contributed by atoms with E-state index in [0.29, 0.717) is 0 Å². The van der Waals surface area contributed by atoms with Crippen molar-refractivity contribution in [1.29, 1.82) is 0 Å². The maximum Gasteiger partial charge on any atom is 0.404 e. The van der Waals surface area contributed by atoms with Crippen LogP contribution < -0.4 is 5.73 Å².